The van der Waals surface area contributed by atoms with Crippen molar-refractivity contribution in [2.45, 2.75) is 44.1 Å². The van der Waals surface area contributed by atoms with Crippen molar-refractivity contribution in [1.29, 1.82) is 0 Å². The van der Waals surface area contributed by atoms with E-state index in [1.54, 1.807) is 36.4 Å². The quantitative estimate of drug-likeness (QED) is 0.240. The van der Waals surface area contributed by atoms with Gasteiger partial charge in [0.2, 0.25) is 0 Å². The second-order valence-corrected chi connectivity index (χ2v) is 11.1. The highest BCUT2D eigenvalue weighted by Gasteiger charge is 2.41. The third-order valence-corrected chi connectivity index (χ3v) is 7.68. The molecule has 3 N–H and O–H groups in total. The second kappa shape index (κ2) is 12.9. The average Bonchev–Trinajstić information content (AvgIpc) is 2.92. The van der Waals surface area contributed by atoms with Gasteiger partial charge in [-0.25, -0.2) is 9.78 Å². The number of phenols is 1. The van der Waals surface area contributed by atoms with Gasteiger partial charge in [0.1, 0.15) is 22.7 Å². The summed E-state index contributed by atoms with van der Waals surface area (Å²) in [6, 6.07) is 13.1. The normalized spacial score (nSPS) is 14.6. The topological polar surface area (TPSA) is 112 Å². The maximum Gasteiger partial charge on any atom is 0.329 e. The van der Waals surface area contributed by atoms with Crippen LogP contribution in [0.2, 0.25) is 10.0 Å². The fourth-order valence-corrected chi connectivity index (χ4v) is 5.35. The smallest absolute Gasteiger partial charge is 0.329 e. The Kier molecular flexibility index (Phi) is 9.56. The van der Waals surface area contributed by atoms with E-state index < -0.39 is 17.4 Å². The third-order valence-electron chi connectivity index (χ3n) is 7.05. The Bertz CT molecular complexity index is 1390. The predicted molar refractivity (Wildman–Crippen MR) is 156 cm³/mol. The number of pyridine rings is 1. The van der Waals surface area contributed by atoms with Crippen molar-refractivity contribution in [3.8, 4) is 33.9 Å². The van der Waals surface area contributed by atoms with Gasteiger partial charge >= 0.3 is 5.97 Å². The van der Waals surface area contributed by atoms with E-state index in [4.69, 9.17) is 32.9 Å². The molecule has 3 aromatic rings. The van der Waals surface area contributed by atoms with E-state index in [9.17, 15) is 19.8 Å². The van der Waals surface area contributed by atoms with Crippen molar-refractivity contribution in [1.82, 2.24) is 15.2 Å². The summed E-state index contributed by atoms with van der Waals surface area (Å²) in [4.78, 5) is 32.3. The largest absolute Gasteiger partial charge is 0.508 e. The van der Waals surface area contributed by atoms with E-state index in [1.165, 1.54) is 12.1 Å². The number of hydrogen-bond acceptors (Lipinski definition) is 6. The molecule has 1 aliphatic carbocycles. The lowest BCUT2D eigenvalue weighted by atomic mass is 9.81. The molecule has 0 atom stereocenters. The number of hydrogen-bond donors (Lipinski definition) is 3. The zero-order valence-corrected chi connectivity index (χ0v) is 24.1. The number of amides is 1. The number of nitrogens with one attached hydrogen (secondary N) is 1. The van der Waals surface area contributed by atoms with Crippen LogP contribution in [0.5, 0.6) is 11.5 Å². The summed E-state index contributed by atoms with van der Waals surface area (Å²) in [6.07, 6.45) is 3.94. The molecule has 4 rings (SSSR count). The molecule has 10 heteroatoms. The van der Waals surface area contributed by atoms with Gasteiger partial charge in [0.15, 0.2) is 0 Å². The lowest BCUT2D eigenvalue weighted by molar-refractivity contribution is -0.145. The zero-order chi connectivity index (χ0) is 28.9. The van der Waals surface area contributed by atoms with Gasteiger partial charge in [0.05, 0.1) is 22.3 Å². The first kappa shape index (κ1) is 29.6. The first-order valence-corrected chi connectivity index (χ1v) is 14.0. The van der Waals surface area contributed by atoms with Crippen LogP contribution in [0.25, 0.3) is 22.4 Å². The van der Waals surface area contributed by atoms with Crippen LogP contribution in [0, 0.1) is 0 Å². The van der Waals surface area contributed by atoms with Crippen molar-refractivity contribution in [3.05, 3.63) is 64.3 Å². The molecule has 1 fully saturated rings. The minimum atomic E-state index is -1.32. The highest BCUT2D eigenvalue weighted by Crippen LogP contribution is 2.39. The van der Waals surface area contributed by atoms with Crippen LogP contribution in [-0.4, -0.2) is 64.8 Å². The molecular weight excluding hydrogens is 553 g/mol. The van der Waals surface area contributed by atoms with Crippen LogP contribution in [0.15, 0.2) is 48.5 Å². The first-order chi connectivity index (χ1) is 19.1. The molecule has 2 aromatic carbocycles. The number of nitrogens with zero attached hydrogens (tertiary/aromatic N) is 2. The van der Waals surface area contributed by atoms with Crippen molar-refractivity contribution in [3.63, 3.8) is 0 Å². The fraction of sp³-hybridized carbons (Fsp3) is 0.367. The number of rotatable bonds is 10. The summed E-state index contributed by atoms with van der Waals surface area (Å²) in [6.45, 7) is 1.32. The number of aromatic nitrogens is 1. The summed E-state index contributed by atoms with van der Waals surface area (Å²) in [7, 11) is 3.98. The second-order valence-electron chi connectivity index (χ2n) is 10.3. The average molecular weight is 587 g/mol. The summed E-state index contributed by atoms with van der Waals surface area (Å²) >= 11 is 12.9. The highest BCUT2D eigenvalue weighted by molar-refractivity contribution is 6.33. The van der Waals surface area contributed by atoms with Crippen LogP contribution in [0.4, 0.5) is 0 Å². The Morgan fingerprint density at radius 1 is 1.00 bits per heavy atom. The molecule has 0 aliphatic heterocycles. The Labute approximate surface area is 243 Å². The number of phenolic OH excluding ortho intramolecular Hbond substituents is 1. The molecule has 1 saturated carbocycles. The zero-order valence-electron chi connectivity index (χ0n) is 22.5. The standard InChI is InChI=1S/C30H33Cl2N3O5/c1-35(2)15-6-16-40-26-17-19(7-11-23(26)31)27-22(21-9-8-20(36)18-24(21)32)10-12-25(33-27)28(37)34-30(29(38)39)13-4-3-5-14-30/h7-12,17-18,36H,3-6,13-16H2,1-2H3,(H,34,37)(H,38,39). The van der Waals surface area contributed by atoms with E-state index in [0.29, 0.717) is 57.6 Å². The monoisotopic (exact) mass is 585 g/mol. The maximum absolute atomic E-state index is 13.4. The van der Waals surface area contributed by atoms with E-state index in [1.807, 2.05) is 14.1 Å². The van der Waals surface area contributed by atoms with Gasteiger partial charge in [-0.15, -0.1) is 0 Å². The fourth-order valence-electron chi connectivity index (χ4n) is 4.90. The lowest BCUT2D eigenvalue weighted by Crippen LogP contribution is -2.55. The van der Waals surface area contributed by atoms with Crippen LogP contribution in [0.1, 0.15) is 49.0 Å². The summed E-state index contributed by atoms with van der Waals surface area (Å²) in [5.74, 6) is -1.11. The van der Waals surface area contributed by atoms with E-state index >= 15 is 0 Å². The molecular formula is C30H33Cl2N3O5. The molecule has 0 spiro atoms. The number of carbonyl (C=O) groups excluding carboxylic acids is 1. The molecule has 1 aromatic heterocycles. The molecule has 212 valence electrons. The number of aromatic hydroxyl groups is 1. The van der Waals surface area contributed by atoms with Gasteiger partial charge in [0, 0.05) is 23.2 Å². The Hall–Kier alpha value is -3.33. The molecule has 1 heterocycles. The van der Waals surface area contributed by atoms with Gasteiger partial charge in [0.25, 0.3) is 5.91 Å². The summed E-state index contributed by atoms with van der Waals surface area (Å²) < 4.78 is 5.96. The number of carbonyl (C=O) groups is 2. The minimum Gasteiger partial charge on any atom is -0.508 e. The summed E-state index contributed by atoms with van der Waals surface area (Å²) in [5.41, 5.74) is 1.04. The van der Waals surface area contributed by atoms with Crippen LogP contribution in [0.3, 0.4) is 0 Å². The van der Waals surface area contributed by atoms with E-state index in [-0.39, 0.29) is 11.4 Å². The van der Waals surface area contributed by atoms with E-state index in [2.05, 4.69) is 10.2 Å². The molecule has 40 heavy (non-hydrogen) atoms. The van der Waals surface area contributed by atoms with Gasteiger partial charge in [-0.3, -0.25) is 4.79 Å². The lowest BCUT2D eigenvalue weighted by Gasteiger charge is -2.33. The number of carboxylic acid groups (broad SMARTS) is 1. The molecule has 1 amide bonds. The molecule has 0 bridgehead atoms. The maximum atomic E-state index is 13.4. The van der Waals surface area contributed by atoms with Gasteiger partial charge in [-0.05, 0) is 75.8 Å². The van der Waals surface area contributed by atoms with Crippen molar-refractivity contribution in [2.75, 3.05) is 27.2 Å². The molecule has 1 aliphatic rings. The molecule has 0 radical (unpaired) electrons. The Balaban J connectivity index is 1.74. The van der Waals surface area contributed by atoms with Gasteiger partial charge < -0.3 is 25.2 Å². The summed E-state index contributed by atoms with van der Waals surface area (Å²) in [5, 5.41) is 23.3. The number of halogens is 2. The van der Waals surface area contributed by atoms with Gasteiger partial charge in [-0.2, -0.15) is 0 Å². The minimum absolute atomic E-state index is 0.0191. The molecule has 8 nitrogen and oxygen atoms in total. The predicted octanol–water partition coefficient (Wildman–Crippen LogP) is 6.28. The van der Waals surface area contributed by atoms with Crippen molar-refractivity contribution >= 4 is 35.1 Å². The number of carboxylic acids is 1. The third kappa shape index (κ3) is 6.86. The SMILES string of the molecule is CN(C)CCCOc1cc(-c2nc(C(=O)NC3(C(=O)O)CCCCC3)ccc2-c2ccc(O)cc2Cl)ccc1Cl. The first-order valence-electron chi connectivity index (χ1n) is 13.2. The van der Waals surface area contributed by atoms with Crippen molar-refractivity contribution in [2.24, 2.45) is 0 Å². The van der Waals surface area contributed by atoms with Crippen LogP contribution < -0.4 is 10.1 Å². The van der Waals surface area contributed by atoms with Gasteiger partial charge in [-0.1, -0.05) is 48.5 Å². The number of aliphatic carboxylic acids is 1. The number of ether oxygens (including phenoxy) is 1. The highest BCUT2D eigenvalue weighted by atomic mass is 35.5. The van der Waals surface area contributed by atoms with Crippen molar-refractivity contribution < 1.29 is 24.5 Å². The molecule has 0 saturated heterocycles. The Morgan fingerprint density at radius 3 is 2.40 bits per heavy atom. The molecule has 0 unspecified atom stereocenters. The van der Waals surface area contributed by atoms with E-state index in [0.717, 1.165) is 32.2 Å². The van der Waals surface area contributed by atoms with Crippen LogP contribution in [-0.2, 0) is 4.79 Å². The Morgan fingerprint density at radius 2 is 1.73 bits per heavy atom. The number of benzene rings is 2. The van der Waals surface area contributed by atoms with Crippen LogP contribution >= 0.6 is 23.2 Å².